The number of nitrogens with zero attached hydrogens (tertiary/aromatic N) is 3. The second-order valence-corrected chi connectivity index (χ2v) is 8.71. The first-order valence-corrected chi connectivity index (χ1v) is 11.3. The Morgan fingerprint density at radius 2 is 1.71 bits per heavy atom. The van der Waals surface area contributed by atoms with Crippen LogP contribution in [-0.4, -0.2) is 39.6 Å². The molecule has 176 valence electrons. The van der Waals surface area contributed by atoms with Gasteiger partial charge in [-0.3, -0.25) is 9.59 Å². The Hall–Kier alpha value is -3.62. The average molecular weight is 468 g/mol. The average Bonchev–Trinajstić information content (AvgIpc) is 3.33. The first-order valence-electron chi connectivity index (χ1n) is 11.3. The van der Waals surface area contributed by atoms with Crippen LogP contribution in [0, 0.1) is 0 Å². The zero-order valence-corrected chi connectivity index (χ0v) is 18.3. The third-order valence-corrected chi connectivity index (χ3v) is 6.22. The van der Waals surface area contributed by atoms with E-state index in [2.05, 4.69) is 10.4 Å². The van der Waals surface area contributed by atoms with Crippen molar-refractivity contribution in [3.63, 3.8) is 0 Å². The number of carbonyl (C=O) groups is 2. The molecule has 0 radical (unpaired) electrons. The van der Waals surface area contributed by atoms with Crippen LogP contribution < -0.4 is 5.32 Å². The summed E-state index contributed by atoms with van der Waals surface area (Å²) in [6.45, 7) is 1.52. The van der Waals surface area contributed by atoms with Crippen molar-refractivity contribution in [3.8, 4) is 5.69 Å². The van der Waals surface area contributed by atoms with Crippen molar-refractivity contribution in [2.24, 2.45) is 0 Å². The van der Waals surface area contributed by atoms with Gasteiger partial charge in [0.15, 0.2) is 0 Å². The molecule has 0 spiro atoms. The van der Waals surface area contributed by atoms with Gasteiger partial charge >= 0.3 is 6.18 Å². The van der Waals surface area contributed by atoms with Gasteiger partial charge in [-0.05, 0) is 68.1 Å². The van der Waals surface area contributed by atoms with Crippen LogP contribution in [0.1, 0.15) is 63.6 Å². The van der Waals surface area contributed by atoms with Gasteiger partial charge in [0.1, 0.15) is 0 Å². The number of hydrogen-bond acceptors (Lipinski definition) is 3. The molecule has 9 heteroatoms. The Kier molecular flexibility index (Phi) is 5.63. The molecule has 1 aliphatic carbocycles. The Balaban J connectivity index is 1.37. The molecular weight excluding hydrogens is 445 g/mol. The van der Waals surface area contributed by atoms with E-state index in [1.54, 1.807) is 30.3 Å². The van der Waals surface area contributed by atoms with Crippen LogP contribution in [0.15, 0.2) is 54.7 Å². The summed E-state index contributed by atoms with van der Waals surface area (Å²) in [5.41, 5.74) is 1.53. The number of aromatic nitrogens is 2. The number of hydrogen-bond donors (Lipinski definition) is 1. The van der Waals surface area contributed by atoms with Crippen molar-refractivity contribution in [3.05, 3.63) is 77.1 Å². The lowest BCUT2D eigenvalue weighted by molar-refractivity contribution is -0.137. The summed E-state index contributed by atoms with van der Waals surface area (Å²) in [5, 5.41) is 7.07. The van der Waals surface area contributed by atoms with Gasteiger partial charge < -0.3 is 10.2 Å². The van der Waals surface area contributed by atoms with E-state index in [0.717, 1.165) is 50.9 Å². The molecule has 6 nitrogen and oxygen atoms in total. The Labute approximate surface area is 194 Å². The summed E-state index contributed by atoms with van der Waals surface area (Å²) < 4.78 is 41.0. The van der Waals surface area contributed by atoms with Crippen LogP contribution in [0.25, 0.3) is 5.69 Å². The fraction of sp³-hybridized carbons (Fsp3) is 0.320. The molecule has 2 aliphatic rings. The van der Waals surface area contributed by atoms with Gasteiger partial charge in [0.05, 0.1) is 28.7 Å². The topological polar surface area (TPSA) is 67.2 Å². The zero-order chi connectivity index (χ0) is 23.9. The standard InChI is InChI=1S/C25H23F3N4O2/c26-25(27,28)18-4-3-5-20(14-18)32-22(16-6-7-16)21(15-29-32)23(33)30-19-10-8-17(9-11-19)24(34)31-12-1-2-13-31/h3-5,8-11,14-16H,1-2,6-7,12-13H2,(H,30,33). The molecule has 34 heavy (non-hydrogen) atoms. The van der Waals surface area contributed by atoms with E-state index in [1.165, 1.54) is 16.9 Å². The molecule has 1 saturated heterocycles. The lowest BCUT2D eigenvalue weighted by atomic mass is 10.1. The van der Waals surface area contributed by atoms with E-state index >= 15 is 0 Å². The molecule has 2 fully saturated rings. The molecular formula is C25H23F3N4O2. The van der Waals surface area contributed by atoms with Gasteiger partial charge in [-0.1, -0.05) is 6.07 Å². The predicted octanol–water partition coefficient (Wildman–Crippen LogP) is 5.26. The normalized spacial score (nSPS) is 16.0. The molecule has 2 aromatic carbocycles. The first kappa shape index (κ1) is 22.2. The highest BCUT2D eigenvalue weighted by molar-refractivity contribution is 6.05. The van der Waals surface area contributed by atoms with Crippen LogP contribution in [0.4, 0.5) is 18.9 Å². The molecule has 1 saturated carbocycles. The summed E-state index contributed by atoms with van der Waals surface area (Å²) >= 11 is 0. The molecule has 0 atom stereocenters. The van der Waals surface area contributed by atoms with Crippen LogP contribution >= 0.6 is 0 Å². The van der Waals surface area contributed by atoms with Crippen LogP contribution in [0.3, 0.4) is 0 Å². The number of nitrogens with one attached hydrogen (secondary N) is 1. The zero-order valence-electron chi connectivity index (χ0n) is 18.3. The summed E-state index contributed by atoms with van der Waals surface area (Å²) in [6.07, 6.45) is 0.644. The van der Waals surface area contributed by atoms with Crippen LogP contribution in [-0.2, 0) is 6.18 Å². The van der Waals surface area contributed by atoms with Crippen LogP contribution in [0.5, 0.6) is 0 Å². The van der Waals surface area contributed by atoms with Crippen molar-refractivity contribution in [1.82, 2.24) is 14.7 Å². The Morgan fingerprint density at radius 3 is 2.35 bits per heavy atom. The van der Waals surface area contributed by atoms with Gasteiger partial charge in [-0.2, -0.15) is 18.3 Å². The van der Waals surface area contributed by atoms with Gasteiger partial charge in [-0.15, -0.1) is 0 Å². The summed E-state index contributed by atoms with van der Waals surface area (Å²) in [7, 11) is 0. The number of benzene rings is 2. The highest BCUT2D eigenvalue weighted by Crippen LogP contribution is 2.43. The highest BCUT2D eigenvalue weighted by atomic mass is 19.4. The molecule has 3 aromatic rings. The molecule has 0 bridgehead atoms. The molecule has 0 unspecified atom stereocenters. The Bertz CT molecular complexity index is 1220. The monoisotopic (exact) mass is 468 g/mol. The number of likely N-dealkylation sites (tertiary alicyclic amines) is 1. The van der Waals surface area contributed by atoms with Gasteiger partial charge in [0.2, 0.25) is 0 Å². The second-order valence-electron chi connectivity index (χ2n) is 8.71. The maximum Gasteiger partial charge on any atom is 0.416 e. The molecule has 1 N–H and O–H groups in total. The van der Waals surface area contributed by atoms with Crippen molar-refractivity contribution >= 4 is 17.5 Å². The number of anilines is 1. The van der Waals surface area contributed by atoms with E-state index in [-0.39, 0.29) is 17.5 Å². The highest BCUT2D eigenvalue weighted by Gasteiger charge is 2.34. The van der Waals surface area contributed by atoms with Gasteiger partial charge in [0.25, 0.3) is 11.8 Å². The van der Waals surface area contributed by atoms with Crippen molar-refractivity contribution in [2.75, 3.05) is 18.4 Å². The largest absolute Gasteiger partial charge is 0.416 e. The van der Waals surface area contributed by atoms with E-state index in [9.17, 15) is 22.8 Å². The number of carbonyl (C=O) groups excluding carboxylic acids is 2. The maximum atomic E-state index is 13.2. The minimum absolute atomic E-state index is 0.0197. The van der Waals surface area contributed by atoms with Gasteiger partial charge in [-0.25, -0.2) is 4.68 Å². The van der Waals surface area contributed by atoms with E-state index < -0.39 is 17.6 Å². The quantitative estimate of drug-likeness (QED) is 0.556. The fourth-order valence-corrected chi connectivity index (χ4v) is 4.30. The number of rotatable bonds is 5. The third-order valence-electron chi connectivity index (χ3n) is 6.22. The molecule has 2 amide bonds. The lowest BCUT2D eigenvalue weighted by Crippen LogP contribution is -2.27. The smallest absolute Gasteiger partial charge is 0.339 e. The minimum Gasteiger partial charge on any atom is -0.339 e. The molecule has 1 aromatic heterocycles. The second kappa shape index (κ2) is 8.62. The predicted molar refractivity (Wildman–Crippen MR) is 120 cm³/mol. The van der Waals surface area contributed by atoms with Crippen molar-refractivity contribution < 1.29 is 22.8 Å². The number of halogens is 3. The lowest BCUT2D eigenvalue weighted by Gasteiger charge is -2.15. The SMILES string of the molecule is O=C(Nc1ccc(C(=O)N2CCCC2)cc1)c1cnn(-c2cccc(C(F)(F)F)c2)c1C1CC1. The molecule has 1 aliphatic heterocycles. The van der Waals surface area contributed by atoms with E-state index in [1.807, 2.05) is 4.90 Å². The molecule has 5 rings (SSSR count). The maximum absolute atomic E-state index is 13.2. The fourth-order valence-electron chi connectivity index (χ4n) is 4.30. The third kappa shape index (κ3) is 4.42. The molecule has 2 heterocycles. The van der Waals surface area contributed by atoms with E-state index in [4.69, 9.17) is 0 Å². The Morgan fingerprint density at radius 1 is 1.00 bits per heavy atom. The van der Waals surface area contributed by atoms with Crippen molar-refractivity contribution in [2.45, 2.75) is 37.8 Å². The minimum atomic E-state index is -4.47. The van der Waals surface area contributed by atoms with E-state index in [0.29, 0.717) is 22.5 Å². The van der Waals surface area contributed by atoms with Gasteiger partial charge in [0, 0.05) is 30.3 Å². The summed E-state index contributed by atoms with van der Waals surface area (Å²) in [4.78, 5) is 27.4. The van der Waals surface area contributed by atoms with Crippen LogP contribution in [0.2, 0.25) is 0 Å². The number of amides is 2. The summed E-state index contributed by atoms with van der Waals surface area (Å²) in [5.74, 6) is -0.342. The first-order chi connectivity index (χ1) is 16.3. The number of alkyl halides is 3. The van der Waals surface area contributed by atoms with Crippen molar-refractivity contribution in [1.29, 1.82) is 0 Å². The summed E-state index contributed by atoms with van der Waals surface area (Å²) in [6, 6.07) is 11.7.